The zero-order valence-electron chi connectivity index (χ0n) is 9.33. The van der Waals surface area contributed by atoms with Crippen molar-refractivity contribution in [2.75, 3.05) is 32.4 Å². The lowest BCUT2D eigenvalue weighted by Crippen LogP contribution is -2.56. The summed E-state index contributed by atoms with van der Waals surface area (Å²) in [5.41, 5.74) is 0. The van der Waals surface area contributed by atoms with Crippen LogP contribution in [-0.4, -0.2) is 48.6 Å². The van der Waals surface area contributed by atoms with Crippen LogP contribution in [0.4, 0.5) is 0 Å². The molecule has 2 nitrogen and oxygen atoms in total. The molecule has 3 heterocycles. The lowest BCUT2D eigenvalue weighted by Gasteiger charge is -2.45. The number of piperidine rings is 3. The van der Waals surface area contributed by atoms with Crippen LogP contribution in [0.2, 0.25) is 0 Å². The number of rotatable bonds is 4. The minimum absolute atomic E-state index is 0.755. The van der Waals surface area contributed by atoms with E-state index in [1.54, 1.807) is 0 Å². The van der Waals surface area contributed by atoms with Gasteiger partial charge in [0.05, 0.1) is 0 Å². The van der Waals surface area contributed by atoms with Crippen LogP contribution in [0, 0.1) is 5.92 Å². The van der Waals surface area contributed by atoms with Crippen LogP contribution in [0.25, 0.3) is 0 Å². The molecule has 82 valence electrons. The van der Waals surface area contributed by atoms with E-state index in [-0.39, 0.29) is 0 Å². The van der Waals surface area contributed by atoms with Gasteiger partial charge >= 0.3 is 0 Å². The van der Waals surface area contributed by atoms with E-state index >= 15 is 0 Å². The largest absolute Gasteiger partial charge is 0.311 e. The summed E-state index contributed by atoms with van der Waals surface area (Å²) in [5.74, 6) is 0.967. The van der Waals surface area contributed by atoms with E-state index < -0.39 is 0 Å². The SMILES string of the molecule is CSC(C)CNC1CN2CCC1CC2. The molecule has 0 aliphatic carbocycles. The van der Waals surface area contributed by atoms with Gasteiger partial charge in [-0.3, -0.25) is 0 Å². The zero-order valence-corrected chi connectivity index (χ0v) is 10.1. The molecule has 3 saturated heterocycles. The van der Waals surface area contributed by atoms with Gasteiger partial charge in [0.1, 0.15) is 0 Å². The molecule has 0 saturated carbocycles. The third kappa shape index (κ3) is 2.44. The Morgan fingerprint density at radius 2 is 2.14 bits per heavy atom. The maximum Gasteiger partial charge on any atom is 0.0224 e. The van der Waals surface area contributed by atoms with Crippen molar-refractivity contribution in [3.63, 3.8) is 0 Å². The van der Waals surface area contributed by atoms with Gasteiger partial charge < -0.3 is 10.2 Å². The zero-order chi connectivity index (χ0) is 9.97. The van der Waals surface area contributed by atoms with Crippen LogP contribution in [0.15, 0.2) is 0 Å². The highest BCUT2D eigenvalue weighted by atomic mass is 32.2. The first-order chi connectivity index (χ1) is 6.79. The number of fused-ring (bicyclic) bond motifs is 3. The molecule has 0 spiro atoms. The fourth-order valence-corrected chi connectivity index (χ4v) is 2.86. The molecule has 0 aromatic carbocycles. The van der Waals surface area contributed by atoms with Gasteiger partial charge in [0, 0.05) is 24.4 Å². The number of hydrogen-bond donors (Lipinski definition) is 1. The maximum atomic E-state index is 3.74. The van der Waals surface area contributed by atoms with Crippen molar-refractivity contribution in [2.45, 2.75) is 31.1 Å². The van der Waals surface area contributed by atoms with Gasteiger partial charge in [-0.1, -0.05) is 6.92 Å². The van der Waals surface area contributed by atoms with E-state index in [9.17, 15) is 0 Å². The summed E-state index contributed by atoms with van der Waals surface area (Å²) in [6.07, 6.45) is 5.04. The Kier molecular flexibility index (Phi) is 3.74. The molecule has 14 heavy (non-hydrogen) atoms. The van der Waals surface area contributed by atoms with Crippen molar-refractivity contribution in [2.24, 2.45) is 5.92 Å². The number of thioether (sulfide) groups is 1. The molecule has 2 bridgehead atoms. The Morgan fingerprint density at radius 3 is 2.64 bits per heavy atom. The highest BCUT2D eigenvalue weighted by Crippen LogP contribution is 2.27. The molecule has 2 atom stereocenters. The van der Waals surface area contributed by atoms with Gasteiger partial charge in [-0.05, 0) is 38.1 Å². The van der Waals surface area contributed by atoms with Crippen molar-refractivity contribution in [3.8, 4) is 0 Å². The highest BCUT2D eigenvalue weighted by Gasteiger charge is 2.33. The average Bonchev–Trinajstić information content (AvgIpc) is 2.27. The standard InChI is InChI=1S/C11H22N2S/c1-9(14-2)7-12-11-8-13-5-3-10(11)4-6-13/h9-12H,3-8H2,1-2H3. The fourth-order valence-electron chi connectivity index (χ4n) is 2.60. The Labute approximate surface area is 91.8 Å². The van der Waals surface area contributed by atoms with E-state index in [1.807, 2.05) is 11.8 Å². The second-order valence-corrected chi connectivity index (χ2v) is 5.98. The van der Waals surface area contributed by atoms with Gasteiger partial charge in [-0.25, -0.2) is 0 Å². The molecule has 0 aromatic heterocycles. The van der Waals surface area contributed by atoms with Crippen molar-refractivity contribution >= 4 is 11.8 Å². The van der Waals surface area contributed by atoms with Gasteiger partial charge in [0.15, 0.2) is 0 Å². The Balaban J connectivity index is 1.76. The lowest BCUT2D eigenvalue weighted by atomic mass is 9.84. The predicted octanol–water partition coefficient (Wildman–Crippen LogP) is 1.42. The summed E-state index contributed by atoms with van der Waals surface area (Å²) in [6, 6.07) is 0.784. The number of nitrogens with one attached hydrogen (secondary N) is 1. The average molecular weight is 214 g/mol. The molecular formula is C11H22N2S. The molecule has 3 fully saturated rings. The maximum absolute atomic E-state index is 3.74. The molecule has 3 aliphatic heterocycles. The normalized spacial score (nSPS) is 38.6. The van der Waals surface area contributed by atoms with Gasteiger partial charge in [0.2, 0.25) is 0 Å². The van der Waals surface area contributed by atoms with Crippen molar-refractivity contribution in [1.82, 2.24) is 10.2 Å². The molecule has 0 aromatic rings. The minimum Gasteiger partial charge on any atom is -0.311 e. The van der Waals surface area contributed by atoms with E-state index in [0.29, 0.717) is 0 Å². The monoisotopic (exact) mass is 214 g/mol. The third-order valence-electron chi connectivity index (χ3n) is 3.73. The van der Waals surface area contributed by atoms with Gasteiger partial charge in [0.25, 0.3) is 0 Å². The second-order valence-electron chi connectivity index (χ2n) is 4.70. The van der Waals surface area contributed by atoms with Crippen LogP contribution in [0.5, 0.6) is 0 Å². The van der Waals surface area contributed by atoms with E-state index in [1.165, 1.54) is 39.0 Å². The fraction of sp³-hybridized carbons (Fsp3) is 1.00. The molecule has 3 heteroatoms. The first kappa shape index (κ1) is 10.8. The molecule has 2 unspecified atom stereocenters. The van der Waals surface area contributed by atoms with E-state index in [0.717, 1.165) is 17.2 Å². The Hall–Kier alpha value is 0.270. The van der Waals surface area contributed by atoms with Gasteiger partial charge in [-0.2, -0.15) is 11.8 Å². The minimum atomic E-state index is 0.755. The number of hydrogen-bond acceptors (Lipinski definition) is 3. The number of nitrogens with zero attached hydrogens (tertiary/aromatic N) is 1. The lowest BCUT2D eigenvalue weighted by molar-refractivity contribution is 0.0731. The summed E-state index contributed by atoms with van der Waals surface area (Å²) in [7, 11) is 0. The second kappa shape index (κ2) is 4.86. The Bertz CT molecular complexity index is 178. The topological polar surface area (TPSA) is 15.3 Å². The molecule has 1 N–H and O–H groups in total. The first-order valence-electron chi connectivity index (χ1n) is 5.78. The molecule has 0 amide bonds. The highest BCUT2D eigenvalue weighted by molar-refractivity contribution is 7.99. The molecule has 3 aliphatic rings. The Morgan fingerprint density at radius 1 is 1.43 bits per heavy atom. The third-order valence-corrected chi connectivity index (χ3v) is 4.70. The van der Waals surface area contributed by atoms with Crippen molar-refractivity contribution in [3.05, 3.63) is 0 Å². The van der Waals surface area contributed by atoms with Crippen molar-refractivity contribution < 1.29 is 0 Å². The van der Waals surface area contributed by atoms with Gasteiger partial charge in [-0.15, -0.1) is 0 Å². The summed E-state index contributed by atoms with van der Waals surface area (Å²) < 4.78 is 0. The van der Waals surface area contributed by atoms with Crippen LogP contribution >= 0.6 is 11.8 Å². The van der Waals surface area contributed by atoms with E-state index in [2.05, 4.69) is 23.4 Å². The summed E-state index contributed by atoms with van der Waals surface area (Å²) in [6.45, 7) is 7.48. The van der Waals surface area contributed by atoms with Crippen LogP contribution < -0.4 is 5.32 Å². The molecular weight excluding hydrogens is 192 g/mol. The summed E-state index contributed by atoms with van der Waals surface area (Å²) in [4.78, 5) is 2.61. The van der Waals surface area contributed by atoms with Crippen LogP contribution in [-0.2, 0) is 0 Å². The first-order valence-corrected chi connectivity index (χ1v) is 7.07. The predicted molar refractivity (Wildman–Crippen MR) is 63.9 cm³/mol. The van der Waals surface area contributed by atoms with Crippen LogP contribution in [0.3, 0.4) is 0 Å². The van der Waals surface area contributed by atoms with E-state index in [4.69, 9.17) is 0 Å². The van der Waals surface area contributed by atoms with Crippen LogP contribution in [0.1, 0.15) is 19.8 Å². The quantitative estimate of drug-likeness (QED) is 0.762. The smallest absolute Gasteiger partial charge is 0.0224 e. The summed E-state index contributed by atoms with van der Waals surface area (Å²) in [5, 5.41) is 4.50. The summed E-state index contributed by atoms with van der Waals surface area (Å²) >= 11 is 1.96. The molecule has 0 radical (unpaired) electrons. The van der Waals surface area contributed by atoms with Crippen molar-refractivity contribution in [1.29, 1.82) is 0 Å². The molecule has 3 rings (SSSR count).